The lowest BCUT2D eigenvalue weighted by Gasteiger charge is -2.10. The van der Waals surface area contributed by atoms with Crippen molar-refractivity contribution in [2.45, 2.75) is 13.0 Å². The van der Waals surface area contributed by atoms with Crippen LogP contribution in [0.15, 0.2) is 48.5 Å². The van der Waals surface area contributed by atoms with Crippen molar-refractivity contribution in [2.24, 2.45) is 0 Å². The summed E-state index contributed by atoms with van der Waals surface area (Å²) in [7, 11) is 0. The molecule has 2 aromatic rings. The van der Waals surface area contributed by atoms with Crippen LogP contribution >= 0.6 is 15.9 Å². The highest BCUT2D eigenvalue weighted by Gasteiger charge is 2.18. The maximum absolute atomic E-state index is 9.78. The maximum Gasteiger partial charge on any atom is 0.127 e. The molecule has 0 bridgehead atoms. The van der Waals surface area contributed by atoms with E-state index in [1.807, 2.05) is 18.2 Å². The highest BCUT2D eigenvalue weighted by Crippen LogP contribution is 2.38. The van der Waals surface area contributed by atoms with E-state index in [1.165, 1.54) is 11.1 Å². The molecule has 102 valence electrons. The Morgan fingerprint density at radius 3 is 2.85 bits per heavy atom. The minimum absolute atomic E-state index is 0.261. The van der Waals surface area contributed by atoms with Gasteiger partial charge < -0.3 is 9.84 Å². The fourth-order valence-corrected chi connectivity index (χ4v) is 2.71. The number of allylic oxidation sites excluding steroid dienone is 1. The van der Waals surface area contributed by atoms with E-state index in [4.69, 9.17) is 4.74 Å². The molecule has 0 atom stereocenters. The molecule has 0 radical (unpaired) electrons. The SMILES string of the molecule is Oc1ccc2c(c1)C(=CCCBr)c1ccccc1CO2. The normalized spacial score (nSPS) is 15.2. The van der Waals surface area contributed by atoms with Crippen LogP contribution in [0.5, 0.6) is 11.5 Å². The average molecular weight is 331 g/mol. The lowest BCUT2D eigenvalue weighted by atomic mass is 9.93. The van der Waals surface area contributed by atoms with Gasteiger partial charge in [0.25, 0.3) is 0 Å². The summed E-state index contributed by atoms with van der Waals surface area (Å²) in [5.74, 6) is 1.08. The molecule has 0 unspecified atom stereocenters. The van der Waals surface area contributed by atoms with Crippen molar-refractivity contribution in [1.82, 2.24) is 0 Å². The molecular formula is C17H15BrO2. The number of aromatic hydroxyl groups is 1. The molecular weight excluding hydrogens is 316 g/mol. The van der Waals surface area contributed by atoms with E-state index in [-0.39, 0.29) is 5.75 Å². The van der Waals surface area contributed by atoms with Crippen LogP contribution in [0.3, 0.4) is 0 Å². The molecule has 2 nitrogen and oxygen atoms in total. The van der Waals surface area contributed by atoms with Crippen LogP contribution in [0.1, 0.15) is 23.1 Å². The number of hydrogen-bond donors (Lipinski definition) is 1. The molecule has 1 N–H and O–H groups in total. The highest BCUT2D eigenvalue weighted by atomic mass is 79.9. The number of rotatable bonds is 2. The first-order chi connectivity index (χ1) is 9.79. The van der Waals surface area contributed by atoms with Gasteiger partial charge in [-0.15, -0.1) is 0 Å². The zero-order valence-electron chi connectivity index (χ0n) is 11.0. The lowest BCUT2D eigenvalue weighted by Crippen LogP contribution is -1.94. The summed E-state index contributed by atoms with van der Waals surface area (Å²) in [6.07, 6.45) is 3.12. The number of hydrogen-bond acceptors (Lipinski definition) is 2. The van der Waals surface area contributed by atoms with E-state index in [9.17, 15) is 5.11 Å². The van der Waals surface area contributed by atoms with Gasteiger partial charge in [-0.1, -0.05) is 46.3 Å². The Morgan fingerprint density at radius 1 is 1.15 bits per heavy atom. The van der Waals surface area contributed by atoms with Gasteiger partial charge in [-0.05, 0) is 41.3 Å². The van der Waals surface area contributed by atoms with Crippen LogP contribution in [0.2, 0.25) is 0 Å². The Hall–Kier alpha value is -1.74. The van der Waals surface area contributed by atoms with Crippen molar-refractivity contribution >= 4 is 21.5 Å². The van der Waals surface area contributed by atoms with Gasteiger partial charge in [0.15, 0.2) is 0 Å². The third kappa shape index (κ3) is 2.46. The topological polar surface area (TPSA) is 29.5 Å². The summed E-state index contributed by atoms with van der Waals surface area (Å²) in [5, 5.41) is 10.7. The fourth-order valence-electron chi connectivity index (χ4n) is 2.48. The second-order valence-corrected chi connectivity index (χ2v) is 5.51. The summed E-state index contributed by atoms with van der Waals surface area (Å²) >= 11 is 3.46. The minimum atomic E-state index is 0.261. The first-order valence-corrected chi connectivity index (χ1v) is 7.72. The van der Waals surface area contributed by atoms with Crippen LogP contribution in [0, 0.1) is 0 Å². The molecule has 3 heteroatoms. The number of alkyl halides is 1. The number of halogens is 1. The van der Waals surface area contributed by atoms with Crippen LogP contribution in [0.4, 0.5) is 0 Å². The van der Waals surface area contributed by atoms with Crippen LogP contribution < -0.4 is 4.74 Å². The lowest BCUT2D eigenvalue weighted by molar-refractivity contribution is 0.306. The molecule has 0 spiro atoms. The molecule has 1 aliphatic heterocycles. The second kappa shape index (κ2) is 5.71. The summed E-state index contributed by atoms with van der Waals surface area (Å²) in [4.78, 5) is 0. The molecule has 3 rings (SSSR count). The Labute approximate surface area is 126 Å². The molecule has 0 aromatic heterocycles. The van der Waals surface area contributed by atoms with Gasteiger partial charge in [0.05, 0.1) is 0 Å². The monoisotopic (exact) mass is 330 g/mol. The molecule has 1 heterocycles. The van der Waals surface area contributed by atoms with Gasteiger partial charge in [0.2, 0.25) is 0 Å². The van der Waals surface area contributed by atoms with Gasteiger partial charge >= 0.3 is 0 Å². The van der Waals surface area contributed by atoms with E-state index >= 15 is 0 Å². The van der Waals surface area contributed by atoms with Gasteiger partial charge in [-0.2, -0.15) is 0 Å². The minimum Gasteiger partial charge on any atom is -0.508 e. The first kappa shape index (κ1) is 13.3. The number of phenolic OH excluding ortho intramolecular Hbond substituents is 1. The summed E-state index contributed by atoms with van der Waals surface area (Å²) in [5.41, 5.74) is 4.43. The van der Waals surface area contributed by atoms with Crippen molar-refractivity contribution < 1.29 is 9.84 Å². The maximum atomic E-state index is 9.78. The first-order valence-electron chi connectivity index (χ1n) is 6.60. The quantitative estimate of drug-likeness (QED) is 0.821. The predicted molar refractivity (Wildman–Crippen MR) is 84.4 cm³/mol. The summed E-state index contributed by atoms with van der Waals surface area (Å²) < 4.78 is 5.88. The van der Waals surface area contributed by atoms with E-state index in [0.29, 0.717) is 6.61 Å². The third-order valence-corrected chi connectivity index (χ3v) is 3.86. The number of ether oxygens (including phenoxy) is 1. The smallest absolute Gasteiger partial charge is 0.127 e. The van der Waals surface area contributed by atoms with Gasteiger partial charge in [0, 0.05) is 10.9 Å². The van der Waals surface area contributed by atoms with Crippen LogP contribution in [-0.4, -0.2) is 10.4 Å². The Morgan fingerprint density at radius 2 is 2.00 bits per heavy atom. The van der Waals surface area contributed by atoms with Crippen molar-refractivity contribution in [3.63, 3.8) is 0 Å². The zero-order valence-corrected chi connectivity index (χ0v) is 12.6. The van der Waals surface area contributed by atoms with Crippen molar-refractivity contribution in [2.75, 3.05) is 5.33 Å². The molecule has 0 saturated carbocycles. The standard InChI is InChI=1S/C17H15BrO2/c18-9-3-6-15-14-5-2-1-4-12(14)11-20-17-8-7-13(19)10-16(15)17/h1-2,4-8,10,19H,3,9,11H2. The Kier molecular flexibility index (Phi) is 3.79. The number of phenols is 1. The van der Waals surface area contributed by atoms with E-state index in [0.717, 1.165) is 28.6 Å². The molecule has 0 aliphatic carbocycles. The van der Waals surface area contributed by atoms with E-state index in [2.05, 4.69) is 34.1 Å². The summed E-state index contributed by atoms with van der Waals surface area (Å²) in [6.45, 7) is 0.555. The number of benzene rings is 2. The van der Waals surface area contributed by atoms with Crippen LogP contribution in [0.25, 0.3) is 5.57 Å². The van der Waals surface area contributed by atoms with Crippen molar-refractivity contribution in [3.05, 3.63) is 65.2 Å². The van der Waals surface area contributed by atoms with Gasteiger partial charge in [-0.3, -0.25) is 0 Å². The number of fused-ring (bicyclic) bond motifs is 2. The fraction of sp³-hybridized carbons (Fsp3) is 0.176. The van der Waals surface area contributed by atoms with Gasteiger partial charge in [-0.25, -0.2) is 0 Å². The molecule has 20 heavy (non-hydrogen) atoms. The highest BCUT2D eigenvalue weighted by molar-refractivity contribution is 9.09. The van der Waals surface area contributed by atoms with E-state index in [1.54, 1.807) is 12.1 Å². The van der Waals surface area contributed by atoms with E-state index < -0.39 is 0 Å². The molecule has 2 aromatic carbocycles. The molecule has 0 fully saturated rings. The Balaban J connectivity index is 2.21. The van der Waals surface area contributed by atoms with Crippen molar-refractivity contribution in [3.8, 4) is 11.5 Å². The Bertz CT molecular complexity index is 662. The summed E-state index contributed by atoms with van der Waals surface area (Å²) in [6, 6.07) is 13.5. The second-order valence-electron chi connectivity index (χ2n) is 4.72. The predicted octanol–water partition coefficient (Wildman–Crippen LogP) is 4.50. The van der Waals surface area contributed by atoms with Crippen molar-refractivity contribution in [1.29, 1.82) is 0 Å². The molecule has 0 amide bonds. The third-order valence-electron chi connectivity index (χ3n) is 3.40. The molecule has 0 saturated heterocycles. The average Bonchev–Trinajstić information content (AvgIpc) is 2.62. The van der Waals surface area contributed by atoms with Crippen LogP contribution in [-0.2, 0) is 6.61 Å². The molecule has 1 aliphatic rings. The zero-order chi connectivity index (χ0) is 13.9. The largest absolute Gasteiger partial charge is 0.508 e. The van der Waals surface area contributed by atoms with Gasteiger partial charge in [0.1, 0.15) is 18.1 Å².